The largest absolute Gasteiger partial charge is 0.0617 e. The molecule has 0 aliphatic heterocycles. The lowest BCUT2D eigenvalue weighted by molar-refractivity contribution is 0.140. The van der Waals surface area contributed by atoms with Gasteiger partial charge in [-0.05, 0) is 97.6 Å². The van der Waals surface area contributed by atoms with Crippen LogP contribution in [0.15, 0.2) is 18.2 Å². The third-order valence-corrected chi connectivity index (χ3v) is 8.31. The van der Waals surface area contributed by atoms with E-state index in [1.165, 1.54) is 64.2 Å². The van der Waals surface area contributed by atoms with E-state index >= 15 is 0 Å². The SMILES string of the molecule is Cc1c(C2CC3CCC2CC3)cccc1C1CC2CCC1CC2. The molecule has 0 heterocycles. The van der Waals surface area contributed by atoms with Crippen molar-refractivity contribution in [1.29, 1.82) is 0 Å². The molecule has 0 saturated heterocycles. The lowest BCUT2D eigenvalue weighted by atomic mass is 9.60. The molecule has 6 fully saturated rings. The fourth-order valence-electron chi connectivity index (χ4n) is 6.99. The van der Waals surface area contributed by atoms with Crippen LogP contribution in [-0.4, -0.2) is 0 Å². The van der Waals surface area contributed by atoms with E-state index in [9.17, 15) is 0 Å². The predicted octanol–water partition coefficient (Wildman–Crippen LogP) is 6.58. The van der Waals surface area contributed by atoms with Gasteiger partial charge in [0.25, 0.3) is 0 Å². The monoisotopic (exact) mass is 308 g/mol. The molecule has 7 rings (SSSR count). The van der Waals surface area contributed by atoms with Crippen LogP contribution in [0.25, 0.3) is 0 Å². The summed E-state index contributed by atoms with van der Waals surface area (Å²) >= 11 is 0. The van der Waals surface area contributed by atoms with Gasteiger partial charge in [0.1, 0.15) is 0 Å². The van der Waals surface area contributed by atoms with Crippen LogP contribution in [0.5, 0.6) is 0 Å². The Hall–Kier alpha value is -0.780. The molecule has 124 valence electrons. The van der Waals surface area contributed by atoms with Crippen molar-refractivity contribution in [2.24, 2.45) is 23.7 Å². The van der Waals surface area contributed by atoms with Gasteiger partial charge >= 0.3 is 0 Å². The van der Waals surface area contributed by atoms with E-state index in [2.05, 4.69) is 25.1 Å². The molecular formula is C23H32. The average molecular weight is 309 g/mol. The van der Waals surface area contributed by atoms with Gasteiger partial charge in [-0.2, -0.15) is 0 Å². The van der Waals surface area contributed by atoms with E-state index in [-0.39, 0.29) is 0 Å². The second kappa shape index (κ2) is 5.64. The Morgan fingerprint density at radius 3 is 1.43 bits per heavy atom. The quantitative estimate of drug-likeness (QED) is 0.578. The molecule has 0 heteroatoms. The van der Waals surface area contributed by atoms with E-state index < -0.39 is 0 Å². The number of hydrogen-bond acceptors (Lipinski definition) is 0. The molecule has 6 aliphatic carbocycles. The molecule has 0 radical (unpaired) electrons. The first-order valence-electron chi connectivity index (χ1n) is 10.4. The van der Waals surface area contributed by atoms with Crippen LogP contribution < -0.4 is 0 Å². The fraction of sp³-hybridized carbons (Fsp3) is 0.739. The van der Waals surface area contributed by atoms with Gasteiger partial charge in [0.2, 0.25) is 0 Å². The summed E-state index contributed by atoms with van der Waals surface area (Å²) in [6.45, 7) is 2.47. The summed E-state index contributed by atoms with van der Waals surface area (Å²) in [5, 5.41) is 0. The first-order valence-corrected chi connectivity index (χ1v) is 10.4. The van der Waals surface area contributed by atoms with Crippen LogP contribution in [-0.2, 0) is 0 Å². The van der Waals surface area contributed by atoms with Gasteiger partial charge in [-0.15, -0.1) is 0 Å². The molecule has 0 amide bonds. The van der Waals surface area contributed by atoms with Crippen molar-refractivity contribution in [2.45, 2.75) is 83.0 Å². The van der Waals surface area contributed by atoms with Crippen molar-refractivity contribution >= 4 is 0 Å². The molecule has 2 atom stereocenters. The highest BCUT2D eigenvalue weighted by Gasteiger charge is 2.39. The average Bonchev–Trinajstić information content (AvgIpc) is 2.64. The summed E-state index contributed by atoms with van der Waals surface area (Å²) < 4.78 is 0. The molecule has 0 nitrogen and oxygen atoms in total. The minimum atomic E-state index is 0.892. The van der Waals surface area contributed by atoms with Crippen LogP contribution in [0.1, 0.15) is 92.7 Å². The minimum absolute atomic E-state index is 0.892. The number of rotatable bonds is 2. The normalized spacial score (nSPS) is 42.1. The van der Waals surface area contributed by atoms with E-state index in [0.29, 0.717) is 0 Å². The van der Waals surface area contributed by atoms with Crippen molar-refractivity contribution in [3.63, 3.8) is 0 Å². The lowest BCUT2D eigenvalue weighted by Gasteiger charge is -2.45. The Kier molecular flexibility index (Phi) is 3.57. The topological polar surface area (TPSA) is 0 Å². The van der Waals surface area contributed by atoms with E-state index in [4.69, 9.17) is 0 Å². The third-order valence-electron chi connectivity index (χ3n) is 8.31. The van der Waals surface area contributed by atoms with E-state index in [0.717, 1.165) is 35.5 Å². The number of fused-ring (bicyclic) bond motifs is 6. The third kappa shape index (κ3) is 2.39. The minimum Gasteiger partial charge on any atom is -0.0617 e. The standard InChI is InChI=1S/C23H32/c1-15-20(22-13-16-5-9-18(22)10-6-16)3-2-4-21(15)23-14-17-7-11-19(23)12-8-17/h2-4,16-19,22-23H,5-14H2,1H3. The molecule has 2 unspecified atom stereocenters. The van der Waals surface area contributed by atoms with Gasteiger partial charge < -0.3 is 0 Å². The Bertz CT molecular complexity index is 521. The zero-order valence-corrected chi connectivity index (χ0v) is 14.8. The van der Waals surface area contributed by atoms with Crippen molar-refractivity contribution in [2.75, 3.05) is 0 Å². The number of hydrogen-bond donors (Lipinski definition) is 0. The van der Waals surface area contributed by atoms with Crippen molar-refractivity contribution < 1.29 is 0 Å². The Morgan fingerprint density at radius 1 is 0.652 bits per heavy atom. The van der Waals surface area contributed by atoms with Gasteiger partial charge in [0.15, 0.2) is 0 Å². The van der Waals surface area contributed by atoms with Crippen molar-refractivity contribution in [3.8, 4) is 0 Å². The lowest BCUT2D eigenvalue weighted by Crippen LogP contribution is -2.32. The molecule has 1 aromatic rings. The summed E-state index contributed by atoms with van der Waals surface area (Å²) in [5.74, 6) is 5.86. The summed E-state index contributed by atoms with van der Waals surface area (Å²) in [6.07, 6.45) is 15.1. The summed E-state index contributed by atoms with van der Waals surface area (Å²) in [4.78, 5) is 0. The summed E-state index contributed by atoms with van der Waals surface area (Å²) in [7, 11) is 0. The second-order valence-corrected chi connectivity index (χ2v) is 9.31. The van der Waals surface area contributed by atoms with Gasteiger partial charge in [-0.3, -0.25) is 0 Å². The van der Waals surface area contributed by atoms with Crippen molar-refractivity contribution in [3.05, 3.63) is 34.9 Å². The van der Waals surface area contributed by atoms with Gasteiger partial charge in [-0.25, -0.2) is 0 Å². The fourth-order valence-corrected chi connectivity index (χ4v) is 6.99. The number of benzene rings is 1. The maximum atomic E-state index is 2.49. The highest BCUT2D eigenvalue weighted by Crippen LogP contribution is 2.53. The zero-order valence-electron chi connectivity index (χ0n) is 14.8. The summed E-state index contributed by atoms with van der Waals surface area (Å²) in [6, 6.07) is 7.39. The van der Waals surface area contributed by atoms with Crippen LogP contribution in [0.3, 0.4) is 0 Å². The van der Waals surface area contributed by atoms with Crippen LogP contribution in [0, 0.1) is 30.6 Å². The maximum absolute atomic E-state index is 2.49. The molecule has 4 bridgehead atoms. The summed E-state index contributed by atoms with van der Waals surface area (Å²) in [5.41, 5.74) is 5.19. The molecule has 0 N–H and O–H groups in total. The van der Waals surface area contributed by atoms with Gasteiger partial charge in [0.05, 0.1) is 0 Å². The van der Waals surface area contributed by atoms with E-state index in [1.54, 1.807) is 16.7 Å². The Labute approximate surface area is 142 Å². The maximum Gasteiger partial charge on any atom is -0.0128 e. The van der Waals surface area contributed by atoms with Gasteiger partial charge in [0, 0.05) is 0 Å². The molecule has 0 aromatic heterocycles. The predicted molar refractivity (Wildman–Crippen MR) is 96.8 cm³/mol. The smallest absolute Gasteiger partial charge is 0.0128 e. The highest BCUT2D eigenvalue weighted by atomic mass is 14.4. The Morgan fingerprint density at radius 2 is 1.09 bits per heavy atom. The van der Waals surface area contributed by atoms with E-state index in [1.807, 2.05) is 0 Å². The zero-order chi connectivity index (χ0) is 15.4. The van der Waals surface area contributed by atoms with Crippen LogP contribution in [0.2, 0.25) is 0 Å². The van der Waals surface area contributed by atoms with Gasteiger partial charge in [-0.1, -0.05) is 43.9 Å². The molecule has 6 saturated carbocycles. The molecule has 1 aromatic carbocycles. The van der Waals surface area contributed by atoms with Crippen LogP contribution >= 0.6 is 0 Å². The molecule has 6 aliphatic rings. The molecule has 0 spiro atoms. The first-order chi connectivity index (χ1) is 11.3. The molecule has 23 heavy (non-hydrogen) atoms. The first kappa shape index (κ1) is 14.6. The molecular weight excluding hydrogens is 276 g/mol. The second-order valence-electron chi connectivity index (χ2n) is 9.31. The van der Waals surface area contributed by atoms with Crippen LogP contribution in [0.4, 0.5) is 0 Å². The Balaban J connectivity index is 1.47. The highest BCUT2D eigenvalue weighted by molar-refractivity contribution is 5.40. The van der Waals surface area contributed by atoms with Crippen molar-refractivity contribution in [1.82, 2.24) is 0 Å².